The number of hydrogen-bond donors (Lipinski definition) is 2. The molecule has 2 aromatic heterocycles. The number of aliphatic hydroxyl groups excluding tert-OH is 1. The number of nitrogens with zero attached hydrogens (tertiary/aromatic N) is 1. The lowest BCUT2D eigenvalue weighted by Crippen LogP contribution is -2.28. The average Bonchev–Trinajstić information content (AvgIpc) is 3.14. The Morgan fingerprint density at radius 1 is 1.41 bits per heavy atom. The van der Waals surface area contributed by atoms with E-state index in [1.165, 1.54) is 17.6 Å². The predicted molar refractivity (Wildman–Crippen MR) is 84.2 cm³/mol. The number of carbonyl (C=O) groups excluding carboxylic acids is 2. The van der Waals surface area contributed by atoms with Crippen LogP contribution in [0.1, 0.15) is 33.6 Å². The number of aliphatic hydroxyl groups is 1. The van der Waals surface area contributed by atoms with E-state index in [4.69, 9.17) is 4.42 Å². The maximum Gasteiger partial charge on any atom is 0.291 e. The van der Waals surface area contributed by atoms with Gasteiger partial charge in [-0.1, -0.05) is 0 Å². The van der Waals surface area contributed by atoms with Gasteiger partial charge in [0.15, 0.2) is 5.76 Å². The minimum atomic E-state index is -0.443. The fourth-order valence-electron chi connectivity index (χ4n) is 1.77. The number of carbonyl (C=O) groups is 2. The van der Waals surface area contributed by atoms with Crippen LogP contribution >= 0.6 is 11.3 Å². The quantitative estimate of drug-likeness (QED) is 0.855. The molecular formula is C15H18N2O4S. The van der Waals surface area contributed by atoms with Gasteiger partial charge in [0.1, 0.15) is 0 Å². The fourth-order valence-corrected chi connectivity index (χ4v) is 2.67. The molecule has 0 bridgehead atoms. The van der Waals surface area contributed by atoms with Crippen LogP contribution in [0.5, 0.6) is 0 Å². The van der Waals surface area contributed by atoms with Gasteiger partial charge in [0, 0.05) is 13.6 Å². The Bertz CT molecular complexity index is 634. The molecular weight excluding hydrogens is 304 g/mol. The molecule has 2 aromatic rings. The molecule has 0 saturated carbocycles. The van der Waals surface area contributed by atoms with Crippen LogP contribution < -0.4 is 5.32 Å². The number of furan rings is 1. The molecule has 0 aromatic carbocycles. The molecule has 7 heteroatoms. The van der Waals surface area contributed by atoms with Crippen molar-refractivity contribution in [2.24, 2.45) is 0 Å². The number of hydrogen-bond acceptors (Lipinski definition) is 5. The standard InChI is InChI=1S/C15H18N2O4S/c1-10(18)7-8-17(2)15(20)12-5-6-13(22-12)16-14(19)11-4-3-9-21-11/h3-6,9-10,18H,7-8H2,1-2H3,(H,16,19). The molecule has 0 aliphatic heterocycles. The number of nitrogens with one attached hydrogen (secondary N) is 1. The largest absolute Gasteiger partial charge is 0.459 e. The molecule has 1 unspecified atom stereocenters. The van der Waals surface area contributed by atoms with Gasteiger partial charge in [-0.05, 0) is 37.6 Å². The number of amides is 2. The highest BCUT2D eigenvalue weighted by molar-refractivity contribution is 7.18. The van der Waals surface area contributed by atoms with E-state index in [1.807, 2.05) is 0 Å². The van der Waals surface area contributed by atoms with Gasteiger partial charge in [0.2, 0.25) is 0 Å². The number of thiophene rings is 1. The third-order valence-corrected chi connectivity index (χ3v) is 4.02. The summed E-state index contributed by atoms with van der Waals surface area (Å²) in [5.41, 5.74) is 0. The fraction of sp³-hybridized carbons (Fsp3) is 0.333. The molecule has 6 nitrogen and oxygen atoms in total. The van der Waals surface area contributed by atoms with Crippen molar-refractivity contribution in [3.05, 3.63) is 41.2 Å². The van der Waals surface area contributed by atoms with Crippen molar-refractivity contribution in [3.63, 3.8) is 0 Å². The van der Waals surface area contributed by atoms with Gasteiger partial charge >= 0.3 is 0 Å². The molecule has 2 N–H and O–H groups in total. The molecule has 0 radical (unpaired) electrons. The lowest BCUT2D eigenvalue weighted by Gasteiger charge is -2.16. The van der Waals surface area contributed by atoms with E-state index in [1.54, 1.807) is 43.1 Å². The van der Waals surface area contributed by atoms with Gasteiger partial charge in [-0.2, -0.15) is 0 Å². The summed E-state index contributed by atoms with van der Waals surface area (Å²) in [4.78, 5) is 26.1. The smallest absolute Gasteiger partial charge is 0.291 e. The normalized spacial score (nSPS) is 12.0. The third kappa shape index (κ3) is 4.19. The molecule has 2 heterocycles. The van der Waals surface area contributed by atoms with Crippen LogP contribution in [0.4, 0.5) is 5.00 Å². The third-order valence-electron chi connectivity index (χ3n) is 3.03. The Labute approximate surface area is 132 Å². The molecule has 0 aliphatic rings. The van der Waals surface area contributed by atoms with Crippen molar-refractivity contribution >= 4 is 28.2 Å². The van der Waals surface area contributed by atoms with E-state index >= 15 is 0 Å². The molecule has 2 rings (SSSR count). The minimum absolute atomic E-state index is 0.135. The van der Waals surface area contributed by atoms with Crippen molar-refractivity contribution in [2.75, 3.05) is 18.9 Å². The molecule has 2 amide bonds. The summed E-state index contributed by atoms with van der Waals surface area (Å²) in [7, 11) is 1.69. The summed E-state index contributed by atoms with van der Waals surface area (Å²) in [5.74, 6) is -0.271. The maximum atomic E-state index is 12.2. The second-order valence-corrected chi connectivity index (χ2v) is 6.04. The predicted octanol–water partition coefficient (Wildman–Crippen LogP) is 2.44. The summed E-state index contributed by atoms with van der Waals surface area (Å²) in [6.07, 6.45) is 1.51. The topological polar surface area (TPSA) is 82.8 Å². The van der Waals surface area contributed by atoms with Gasteiger partial charge in [-0.3, -0.25) is 9.59 Å². The maximum absolute atomic E-state index is 12.2. The zero-order valence-electron chi connectivity index (χ0n) is 12.4. The first-order valence-electron chi connectivity index (χ1n) is 6.85. The molecule has 118 valence electrons. The van der Waals surface area contributed by atoms with Crippen molar-refractivity contribution in [3.8, 4) is 0 Å². The lowest BCUT2D eigenvalue weighted by molar-refractivity contribution is 0.0773. The molecule has 0 aliphatic carbocycles. The summed E-state index contributed by atoms with van der Waals surface area (Å²) < 4.78 is 5.01. The van der Waals surface area contributed by atoms with Crippen LogP contribution in [-0.4, -0.2) is 41.5 Å². The summed E-state index contributed by atoms with van der Waals surface area (Å²) in [5, 5.41) is 12.5. The zero-order valence-corrected chi connectivity index (χ0v) is 13.2. The molecule has 0 saturated heterocycles. The first-order valence-corrected chi connectivity index (χ1v) is 7.67. The van der Waals surface area contributed by atoms with Crippen LogP contribution in [-0.2, 0) is 0 Å². The van der Waals surface area contributed by atoms with Gasteiger partial charge in [-0.25, -0.2) is 0 Å². The number of rotatable bonds is 6. The minimum Gasteiger partial charge on any atom is -0.459 e. The lowest BCUT2D eigenvalue weighted by atomic mass is 10.2. The molecule has 1 atom stereocenters. The van der Waals surface area contributed by atoms with Crippen LogP contribution in [0, 0.1) is 0 Å². The van der Waals surface area contributed by atoms with E-state index in [0.717, 1.165) is 0 Å². The van der Waals surface area contributed by atoms with Crippen LogP contribution in [0.2, 0.25) is 0 Å². The van der Waals surface area contributed by atoms with Gasteiger partial charge in [-0.15, -0.1) is 11.3 Å². The highest BCUT2D eigenvalue weighted by atomic mass is 32.1. The van der Waals surface area contributed by atoms with Crippen LogP contribution in [0.15, 0.2) is 34.9 Å². The monoisotopic (exact) mass is 322 g/mol. The second kappa shape index (κ2) is 7.24. The van der Waals surface area contributed by atoms with Crippen molar-refractivity contribution in [1.82, 2.24) is 4.90 Å². The Hall–Kier alpha value is -2.12. The summed E-state index contributed by atoms with van der Waals surface area (Å²) >= 11 is 1.20. The average molecular weight is 322 g/mol. The molecule has 0 spiro atoms. The van der Waals surface area contributed by atoms with Gasteiger partial charge in [0.05, 0.1) is 22.2 Å². The van der Waals surface area contributed by atoms with Crippen molar-refractivity contribution < 1.29 is 19.1 Å². The van der Waals surface area contributed by atoms with Crippen molar-refractivity contribution in [1.29, 1.82) is 0 Å². The highest BCUT2D eigenvalue weighted by Gasteiger charge is 2.16. The van der Waals surface area contributed by atoms with E-state index in [9.17, 15) is 14.7 Å². The van der Waals surface area contributed by atoms with E-state index in [2.05, 4.69) is 5.32 Å². The zero-order chi connectivity index (χ0) is 16.1. The summed E-state index contributed by atoms with van der Waals surface area (Å²) in [6, 6.07) is 6.55. The van der Waals surface area contributed by atoms with E-state index < -0.39 is 6.10 Å². The summed E-state index contributed by atoms with van der Waals surface area (Å²) in [6.45, 7) is 2.16. The molecule has 0 fully saturated rings. The van der Waals surface area contributed by atoms with Crippen molar-refractivity contribution in [2.45, 2.75) is 19.4 Å². The highest BCUT2D eigenvalue weighted by Crippen LogP contribution is 2.23. The van der Waals surface area contributed by atoms with E-state index in [0.29, 0.717) is 22.8 Å². The van der Waals surface area contributed by atoms with E-state index in [-0.39, 0.29) is 17.6 Å². The second-order valence-electron chi connectivity index (χ2n) is 4.96. The number of anilines is 1. The Kier molecular flexibility index (Phi) is 5.35. The van der Waals surface area contributed by atoms with Crippen LogP contribution in [0.25, 0.3) is 0 Å². The van der Waals surface area contributed by atoms with Gasteiger partial charge in [0.25, 0.3) is 11.8 Å². The van der Waals surface area contributed by atoms with Crippen LogP contribution in [0.3, 0.4) is 0 Å². The molecule has 22 heavy (non-hydrogen) atoms. The van der Waals surface area contributed by atoms with Gasteiger partial charge < -0.3 is 19.7 Å². The Balaban J connectivity index is 1.96. The first kappa shape index (κ1) is 16.3. The Morgan fingerprint density at radius 2 is 2.18 bits per heavy atom. The SMILES string of the molecule is CC(O)CCN(C)C(=O)c1ccc(NC(=O)c2ccco2)s1. The Morgan fingerprint density at radius 3 is 2.82 bits per heavy atom. The first-order chi connectivity index (χ1) is 10.5.